The topological polar surface area (TPSA) is 220 Å². The zero-order valence-corrected chi connectivity index (χ0v) is 47.8. The minimum atomic E-state index is -2.67. The molecule has 1 amide bonds. The third kappa shape index (κ3) is 11.0. The highest BCUT2D eigenvalue weighted by atomic mass is 32.1. The SMILES string of the molecule is CC(=O)c1ccc(-c2cncc3[nH]c(-c4nn(CN(C)CCNc5cc(F)cc(-c6cncc7[nH]c(-c8n[nH]c9ccc(-c%10cncc(CN%11CCC(F)(F)C%11)c%10)cc89)nc67)c5)c5ccc(-c6cncc(NC(=O)C7CCCCC7)c6)cc45)nc23)s1. The Bertz CT molecular complexity index is 4580. The van der Waals surface area contributed by atoms with Crippen molar-refractivity contribution in [2.24, 2.45) is 5.92 Å². The molecule has 2 fully saturated rings. The van der Waals surface area contributed by atoms with Gasteiger partial charge in [0.15, 0.2) is 17.4 Å². The smallest absolute Gasteiger partial charge is 0.261 e. The number of amides is 1. The van der Waals surface area contributed by atoms with Crippen molar-refractivity contribution in [3.8, 4) is 66.9 Å². The van der Waals surface area contributed by atoms with Gasteiger partial charge in [-0.25, -0.2) is 27.8 Å². The number of thiophene rings is 1. The van der Waals surface area contributed by atoms with Crippen molar-refractivity contribution >= 4 is 78.3 Å². The highest BCUT2D eigenvalue weighted by Gasteiger charge is 2.38. The molecular weight excluding hydrogens is 1110 g/mol. The van der Waals surface area contributed by atoms with Crippen molar-refractivity contribution in [3.63, 3.8) is 0 Å². The quantitative estimate of drug-likeness (QED) is 0.0536. The molecule has 14 rings (SSSR count). The first-order valence-electron chi connectivity index (χ1n) is 28.6. The fourth-order valence-corrected chi connectivity index (χ4v) is 12.8. The molecule has 0 radical (unpaired) electrons. The number of alkyl halides is 2. The Kier molecular flexibility index (Phi) is 14.2. The van der Waals surface area contributed by atoms with Gasteiger partial charge in [-0.05, 0) is 116 Å². The maximum atomic E-state index is 15.7. The van der Waals surface area contributed by atoms with Gasteiger partial charge in [-0.2, -0.15) is 10.2 Å². The molecule has 9 aromatic heterocycles. The van der Waals surface area contributed by atoms with Crippen molar-refractivity contribution in [2.45, 2.75) is 64.6 Å². The zero-order valence-electron chi connectivity index (χ0n) is 47.0. The summed E-state index contributed by atoms with van der Waals surface area (Å²) in [6.45, 7) is 3.42. The number of likely N-dealkylation sites (N-methyl/N-ethyl adjacent to an activating group) is 1. The minimum absolute atomic E-state index is 0.000318. The van der Waals surface area contributed by atoms with Crippen LogP contribution in [0.4, 0.5) is 24.5 Å². The molecule has 1 aliphatic heterocycles. The van der Waals surface area contributed by atoms with E-state index < -0.39 is 11.7 Å². The van der Waals surface area contributed by atoms with Gasteiger partial charge in [0, 0.05) is 113 Å². The second-order valence-electron chi connectivity index (χ2n) is 22.5. The lowest BCUT2D eigenvalue weighted by Crippen LogP contribution is -2.28. The molecule has 5 N–H and O–H groups in total. The number of imidazole rings is 2. The number of aromatic nitrogens is 12. The number of nitrogens with one attached hydrogen (secondary N) is 5. The number of Topliss-reactive ketones (excluding diaryl/α,β-unsaturated/α-hetero) is 1. The van der Waals surface area contributed by atoms with E-state index in [0.29, 0.717) is 99.8 Å². The molecule has 18 nitrogen and oxygen atoms in total. The molecule has 0 atom stereocenters. The van der Waals surface area contributed by atoms with Crippen molar-refractivity contribution < 1.29 is 22.8 Å². The van der Waals surface area contributed by atoms with Gasteiger partial charge in [-0.3, -0.25) is 44.4 Å². The Balaban J connectivity index is 0.706. The fraction of sp³-hybridized carbons (Fsp3) is 0.250. The molecule has 0 spiro atoms. The zero-order chi connectivity index (χ0) is 58.6. The monoisotopic (exact) mass is 1170 g/mol. The molecule has 1 aliphatic carbocycles. The molecule has 12 aromatic rings. The minimum Gasteiger partial charge on any atom is -0.384 e. The number of carbonyl (C=O) groups is 2. The molecular formula is C64H57F3N16O2S. The summed E-state index contributed by atoms with van der Waals surface area (Å²) in [5, 5.41) is 21.2. The number of aromatic amines is 3. The predicted octanol–water partition coefficient (Wildman–Crippen LogP) is 13.0. The summed E-state index contributed by atoms with van der Waals surface area (Å²) in [7, 11) is 2.00. The average molecular weight is 1170 g/mol. The van der Waals surface area contributed by atoms with Crippen LogP contribution in [0.2, 0.25) is 0 Å². The van der Waals surface area contributed by atoms with E-state index in [1.807, 2.05) is 72.4 Å². The predicted molar refractivity (Wildman–Crippen MR) is 328 cm³/mol. The number of hydrogen-bond acceptors (Lipinski definition) is 14. The Morgan fingerprint density at radius 1 is 0.721 bits per heavy atom. The molecule has 86 heavy (non-hydrogen) atoms. The summed E-state index contributed by atoms with van der Waals surface area (Å²) < 4.78 is 45.6. The van der Waals surface area contributed by atoms with E-state index >= 15 is 4.39 Å². The van der Waals surface area contributed by atoms with Crippen molar-refractivity contribution in [3.05, 3.63) is 145 Å². The molecule has 3 aromatic carbocycles. The van der Waals surface area contributed by atoms with E-state index in [-0.39, 0.29) is 30.6 Å². The number of fused-ring (bicyclic) bond motifs is 4. The Hall–Kier alpha value is -9.51. The van der Waals surface area contributed by atoms with Gasteiger partial charge in [-0.15, -0.1) is 11.3 Å². The van der Waals surface area contributed by atoms with Gasteiger partial charge >= 0.3 is 0 Å². The van der Waals surface area contributed by atoms with Gasteiger partial charge in [0.25, 0.3) is 5.92 Å². The standard InChI is InChI=1S/C64H57F3N16O2S/c1-36(84)55-12-13-56(86-55)50-30-71-32-53-58(50)77-62(75-53)60-48-23-40(43-21-46(28-69-27-43)73-63(85)38-6-4-3-5-7-38)9-11-54(48)83(80-60)35-81(2)17-15-72-45-20-41(19-44(65)24-45)49-29-70-31-52-57(49)76-61(74-52)59-47-22-39(8-10-51(47)78-79-59)42-18-37(25-68-26-42)33-82-16-14-64(66,67)34-82/h8-13,18-32,38,72H,3-7,14-17,33-35H2,1-2H3,(H,73,85)(H,74,76)(H,75,77)(H,78,79). The van der Waals surface area contributed by atoms with Crippen LogP contribution in [0.3, 0.4) is 0 Å². The summed E-state index contributed by atoms with van der Waals surface area (Å²) >= 11 is 1.40. The van der Waals surface area contributed by atoms with Crippen LogP contribution in [0.5, 0.6) is 0 Å². The van der Waals surface area contributed by atoms with Crippen LogP contribution in [0.25, 0.3) is 111 Å². The van der Waals surface area contributed by atoms with Crippen LogP contribution in [0.1, 0.15) is 60.7 Å². The fourth-order valence-electron chi connectivity index (χ4n) is 11.9. The molecule has 10 heterocycles. The van der Waals surface area contributed by atoms with Crippen molar-refractivity contribution in [2.75, 3.05) is 43.9 Å². The second kappa shape index (κ2) is 22.5. The molecule has 432 valence electrons. The van der Waals surface area contributed by atoms with E-state index in [9.17, 15) is 18.4 Å². The Labute approximate surface area is 494 Å². The summed E-state index contributed by atoms with van der Waals surface area (Å²) in [5.74, 6) is -2.04. The average Bonchev–Trinajstić information content (AvgIpc) is 3.75. The van der Waals surface area contributed by atoms with Gasteiger partial charge in [0.05, 0.1) is 70.0 Å². The highest BCUT2D eigenvalue weighted by Crippen LogP contribution is 2.39. The normalized spacial score (nSPS) is 14.8. The molecule has 0 bridgehead atoms. The van der Waals surface area contributed by atoms with Crippen LogP contribution in [-0.2, 0) is 18.0 Å². The number of carbonyl (C=O) groups excluding carboxylic acids is 2. The maximum absolute atomic E-state index is 15.7. The van der Waals surface area contributed by atoms with Gasteiger partial charge in [-0.1, -0.05) is 31.4 Å². The van der Waals surface area contributed by atoms with Gasteiger partial charge < -0.3 is 20.6 Å². The first-order chi connectivity index (χ1) is 41.8. The van der Waals surface area contributed by atoms with E-state index in [2.05, 4.69) is 61.7 Å². The number of ketones is 1. The number of nitrogens with zero attached hydrogens (tertiary/aromatic N) is 11. The maximum Gasteiger partial charge on any atom is 0.261 e. The number of rotatable bonds is 17. The largest absolute Gasteiger partial charge is 0.384 e. The number of halogens is 3. The lowest BCUT2D eigenvalue weighted by atomic mass is 9.88. The Morgan fingerprint density at radius 3 is 2.20 bits per heavy atom. The third-order valence-electron chi connectivity index (χ3n) is 16.3. The number of pyridine rings is 4. The van der Waals surface area contributed by atoms with Crippen LogP contribution < -0.4 is 10.6 Å². The van der Waals surface area contributed by atoms with E-state index in [1.54, 1.807) is 61.4 Å². The summed E-state index contributed by atoms with van der Waals surface area (Å²) in [4.78, 5) is 66.0. The first kappa shape index (κ1) is 54.4. The van der Waals surface area contributed by atoms with Crippen LogP contribution in [0.15, 0.2) is 128 Å². The number of H-pyrrole nitrogens is 3. The van der Waals surface area contributed by atoms with E-state index in [1.165, 1.54) is 23.5 Å². The lowest BCUT2D eigenvalue weighted by molar-refractivity contribution is -0.120. The summed E-state index contributed by atoms with van der Waals surface area (Å²) in [6, 6.07) is 24.6. The first-order valence-corrected chi connectivity index (χ1v) is 29.5. The van der Waals surface area contributed by atoms with Gasteiger partial charge in [0.1, 0.15) is 22.7 Å². The van der Waals surface area contributed by atoms with Crippen LogP contribution >= 0.6 is 11.3 Å². The Morgan fingerprint density at radius 2 is 1.43 bits per heavy atom. The summed E-state index contributed by atoms with van der Waals surface area (Å²) in [6.07, 6.45) is 18.7. The molecule has 1 saturated heterocycles. The second-order valence-corrected chi connectivity index (χ2v) is 23.6. The molecule has 1 saturated carbocycles. The number of likely N-dealkylation sites (tertiary alicyclic amines) is 1. The van der Waals surface area contributed by atoms with Gasteiger partial charge in [0.2, 0.25) is 5.91 Å². The van der Waals surface area contributed by atoms with E-state index in [0.717, 1.165) is 97.7 Å². The van der Waals surface area contributed by atoms with Crippen molar-refractivity contribution in [1.82, 2.24) is 69.6 Å². The number of hydrogen-bond donors (Lipinski definition) is 5. The summed E-state index contributed by atoms with van der Waals surface area (Å²) in [5.41, 5.74) is 13.0. The van der Waals surface area contributed by atoms with Crippen LogP contribution in [0, 0.1) is 11.7 Å². The number of benzene rings is 3. The third-order valence-corrected chi connectivity index (χ3v) is 17.5. The molecule has 0 unspecified atom stereocenters. The molecule has 2 aliphatic rings. The molecule has 22 heteroatoms. The lowest BCUT2D eigenvalue weighted by Gasteiger charge is -2.20. The van der Waals surface area contributed by atoms with E-state index in [4.69, 9.17) is 15.1 Å². The highest BCUT2D eigenvalue weighted by molar-refractivity contribution is 7.17. The van der Waals surface area contributed by atoms with Crippen LogP contribution in [-0.4, -0.2) is 120 Å². The van der Waals surface area contributed by atoms with Crippen molar-refractivity contribution in [1.29, 1.82) is 0 Å². The number of anilines is 2.